The maximum Gasteiger partial charge on any atom is 0.328 e. The molecule has 0 bridgehead atoms. The van der Waals surface area contributed by atoms with Crippen molar-refractivity contribution in [2.45, 2.75) is 13.0 Å². The fourth-order valence-electron chi connectivity index (χ4n) is 2.27. The third-order valence-electron chi connectivity index (χ3n) is 3.43. The molecular weight excluding hydrogens is 316 g/mol. The number of nitrogens with zero attached hydrogens (tertiary/aromatic N) is 3. The van der Waals surface area contributed by atoms with Gasteiger partial charge in [-0.2, -0.15) is 4.99 Å². The van der Waals surface area contributed by atoms with Crippen molar-refractivity contribution in [1.29, 1.82) is 0 Å². The first-order chi connectivity index (χ1) is 11.1. The fourth-order valence-corrected chi connectivity index (χ4v) is 3.02. The minimum atomic E-state index is -0.525. The molecule has 1 aromatic carbocycles. The van der Waals surface area contributed by atoms with E-state index in [1.165, 1.54) is 15.9 Å². The van der Waals surface area contributed by atoms with Crippen LogP contribution in [-0.4, -0.2) is 20.0 Å². The Morgan fingerprint density at radius 3 is 2.83 bits per heavy atom. The molecule has 118 valence electrons. The lowest BCUT2D eigenvalue weighted by atomic mass is 10.2. The van der Waals surface area contributed by atoms with Gasteiger partial charge in [-0.25, -0.2) is 4.79 Å². The molecule has 1 amide bonds. The highest BCUT2D eigenvalue weighted by Crippen LogP contribution is 2.07. The zero-order valence-electron chi connectivity index (χ0n) is 12.4. The molecule has 8 heteroatoms. The molecule has 3 aromatic rings. The molecule has 0 aliphatic carbocycles. The van der Waals surface area contributed by atoms with Crippen LogP contribution in [0.1, 0.15) is 6.42 Å². The first-order valence-electron chi connectivity index (χ1n) is 6.96. The van der Waals surface area contributed by atoms with Crippen molar-refractivity contribution in [2.75, 3.05) is 0 Å². The largest absolute Gasteiger partial charge is 0.328 e. The Kier molecular flexibility index (Phi) is 4.07. The number of para-hydroxylation sites is 1. The van der Waals surface area contributed by atoms with Gasteiger partial charge in [-0.05, 0) is 12.1 Å². The number of benzene rings is 1. The van der Waals surface area contributed by atoms with Gasteiger partial charge in [-0.15, -0.1) is 11.3 Å². The molecule has 0 saturated carbocycles. The lowest BCUT2D eigenvalue weighted by Gasteiger charge is -2.07. The van der Waals surface area contributed by atoms with Gasteiger partial charge in [-0.1, -0.05) is 12.1 Å². The standard InChI is InChI=1S/C15H14N4O3S/c1-18-8-9-23-15(18)16-12(20)6-7-19-11-5-3-2-4-10(11)13(21)17-14(19)22/h2-5,8-9H,6-7H2,1H3,(H,17,21,22). The van der Waals surface area contributed by atoms with E-state index < -0.39 is 11.2 Å². The van der Waals surface area contributed by atoms with Gasteiger partial charge in [0.2, 0.25) is 5.91 Å². The van der Waals surface area contributed by atoms with Gasteiger partial charge < -0.3 is 4.57 Å². The van der Waals surface area contributed by atoms with Gasteiger partial charge >= 0.3 is 5.69 Å². The predicted molar refractivity (Wildman–Crippen MR) is 87.3 cm³/mol. The van der Waals surface area contributed by atoms with Gasteiger partial charge in [0, 0.05) is 31.6 Å². The number of hydrogen-bond donors (Lipinski definition) is 1. The minimum Gasteiger partial charge on any atom is -0.327 e. The summed E-state index contributed by atoms with van der Waals surface area (Å²) >= 11 is 1.37. The Balaban J connectivity index is 1.91. The van der Waals surface area contributed by atoms with Crippen LogP contribution in [0, 0.1) is 0 Å². The predicted octanol–water partition coefficient (Wildman–Crippen LogP) is 0.607. The van der Waals surface area contributed by atoms with Gasteiger partial charge in [0.25, 0.3) is 5.56 Å². The van der Waals surface area contributed by atoms with Crippen LogP contribution in [-0.2, 0) is 18.4 Å². The van der Waals surface area contributed by atoms with E-state index in [1.807, 2.05) is 18.6 Å². The molecule has 0 spiro atoms. The van der Waals surface area contributed by atoms with E-state index in [2.05, 4.69) is 9.98 Å². The summed E-state index contributed by atoms with van der Waals surface area (Å²) in [6.45, 7) is 0.160. The summed E-state index contributed by atoms with van der Waals surface area (Å²) in [4.78, 5) is 42.7. The van der Waals surface area contributed by atoms with E-state index in [4.69, 9.17) is 0 Å². The van der Waals surface area contributed by atoms with Crippen LogP contribution in [0.4, 0.5) is 0 Å². The molecule has 3 rings (SSSR count). The van der Waals surface area contributed by atoms with Crippen LogP contribution in [0.2, 0.25) is 0 Å². The number of carbonyl (C=O) groups is 1. The molecule has 0 fully saturated rings. The highest BCUT2D eigenvalue weighted by atomic mass is 32.1. The number of rotatable bonds is 3. The van der Waals surface area contributed by atoms with E-state index in [-0.39, 0.29) is 18.9 Å². The number of fused-ring (bicyclic) bond motifs is 1. The topological polar surface area (TPSA) is 89.2 Å². The lowest BCUT2D eigenvalue weighted by molar-refractivity contribution is -0.118. The molecule has 23 heavy (non-hydrogen) atoms. The van der Waals surface area contributed by atoms with Crippen LogP contribution in [0.15, 0.2) is 50.4 Å². The second-order valence-corrected chi connectivity index (χ2v) is 5.85. The van der Waals surface area contributed by atoms with E-state index in [0.29, 0.717) is 15.7 Å². The van der Waals surface area contributed by atoms with E-state index >= 15 is 0 Å². The highest BCUT2D eigenvalue weighted by molar-refractivity contribution is 7.07. The SMILES string of the molecule is Cn1ccsc1=NC(=O)CCn1c(=O)[nH]c(=O)c2ccccc21. The maximum atomic E-state index is 12.0. The number of thiazole rings is 1. The normalized spacial score (nSPS) is 12.0. The molecule has 2 heterocycles. The Morgan fingerprint density at radius 1 is 1.30 bits per heavy atom. The zero-order valence-corrected chi connectivity index (χ0v) is 13.2. The molecule has 0 aliphatic heterocycles. The van der Waals surface area contributed by atoms with Crippen LogP contribution < -0.4 is 16.1 Å². The number of aryl methyl sites for hydroxylation is 2. The summed E-state index contributed by atoms with van der Waals surface area (Å²) < 4.78 is 3.14. The van der Waals surface area contributed by atoms with Crippen molar-refractivity contribution >= 4 is 28.1 Å². The monoisotopic (exact) mass is 330 g/mol. The van der Waals surface area contributed by atoms with Crippen molar-refractivity contribution in [3.63, 3.8) is 0 Å². The second kappa shape index (κ2) is 6.17. The second-order valence-electron chi connectivity index (χ2n) is 4.98. The van der Waals surface area contributed by atoms with Crippen LogP contribution in [0.5, 0.6) is 0 Å². The van der Waals surface area contributed by atoms with Gasteiger partial charge in [0.05, 0.1) is 10.9 Å². The number of hydrogen-bond acceptors (Lipinski definition) is 4. The van der Waals surface area contributed by atoms with Crippen molar-refractivity contribution < 1.29 is 4.79 Å². The number of carbonyl (C=O) groups excluding carboxylic acids is 1. The highest BCUT2D eigenvalue weighted by Gasteiger charge is 2.08. The van der Waals surface area contributed by atoms with Gasteiger partial charge in [-0.3, -0.25) is 19.1 Å². The van der Waals surface area contributed by atoms with E-state index in [0.717, 1.165) is 0 Å². The molecule has 0 atom stereocenters. The Labute approximate surface area is 134 Å². The molecule has 0 aliphatic rings. The van der Waals surface area contributed by atoms with Crippen LogP contribution >= 0.6 is 11.3 Å². The summed E-state index contributed by atoms with van der Waals surface area (Å²) in [5.74, 6) is -0.315. The summed E-state index contributed by atoms with van der Waals surface area (Å²) in [6, 6.07) is 6.80. The van der Waals surface area contributed by atoms with Crippen molar-refractivity contribution in [2.24, 2.45) is 12.0 Å². The smallest absolute Gasteiger partial charge is 0.327 e. The molecule has 0 radical (unpaired) electrons. The number of aromatic nitrogens is 3. The fraction of sp³-hybridized carbons (Fsp3) is 0.200. The Bertz CT molecular complexity index is 1050. The quantitative estimate of drug-likeness (QED) is 0.763. The number of aromatic amines is 1. The average molecular weight is 330 g/mol. The summed E-state index contributed by atoms with van der Waals surface area (Å²) in [5, 5.41) is 2.26. The summed E-state index contributed by atoms with van der Waals surface area (Å²) in [5.41, 5.74) is -0.442. The zero-order chi connectivity index (χ0) is 16.4. The molecular formula is C15H14N4O3S. The van der Waals surface area contributed by atoms with Gasteiger partial charge in [0.1, 0.15) is 0 Å². The van der Waals surface area contributed by atoms with Crippen LogP contribution in [0.25, 0.3) is 10.9 Å². The summed E-state index contributed by atoms with van der Waals surface area (Å²) in [6.07, 6.45) is 1.89. The van der Waals surface area contributed by atoms with E-state index in [9.17, 15) is 14.4 Å². The van der Waals surface area contributed by atoms with Crippen LogP contribution in [0.3, 0.4) is 0 Å². The number of H-pyrrole nitrogens is 1. The number of nitrogens with one attached hydrogen (secondary N) is 1. The molecule has 1 N–H and O–H groups in total. The molecule has 0 unspecified atom stereocenters. The molecule has 7 nitrogen and oxygen atoms in total. The van der Waals surface area contributed by atoms with Crippen molar-refractivity contribution in [1.82, 2.24) is 14.1 Å². The first-order valence-corrected chi connectivity index (χ1v) is 7.84. The number of amides is 1. The maximum absolute atomic E-state index is 12.0. The first kappa shape index (κ1) is 15.2. The minimum absolute atomic E-state index is 0.0772. The van der Waals surface area contributed by atoms with Gasteiger partial charge in [0.15, 0.2) is 4.80 Å². The Morgan fingerprint density at radius 2 is 2.09 bits per heavy atom. The van der Waals surface area contributed by atoms with Crippen molar-refractivity contribution in [3.8, 4) is 0 Å². The summed E-state index contributed by atoms with van der Waals surface area (Å²) in [7, 11) is 1.81. The molecule has 2 aromatic heterocycles. The molecule has 0 saturated heterocycles. The average Bonchev–Trinajstić information content (AvgIpc) is 2.92. The Hall–Kier alpha value is -2.74. The van der Waals surface area contributed by atoms with Crippen molar-refractivity contribution in [3.05, 3.63) is 61.5 Å². The third kappa shape index (κ3) is 3.07. The van der Waals surface area contributed by atoms with E-state index in [1.54, 1.807) is 28.8 Å². The lowest BCUT2D eigenvalue weighted by Crippen LogP contribution is -2.31. The third-order valence-corrected chi connectivity index (χ3v) is 4.28.